The molecule has 164 valence electrons. The van der Waals surface area contributed by atoms with Gasteiger partial charge in [0, 0.05) is 12.0 Å². The van der Waals surface area contributed by atoms with Gasteiger partial charge in [-0.05, 0) is 48.9 Å². The summed E-state index contributed by atoms with van der Waals surface area (Å²) in [5.41, 5.74) is 0.435. The Labute approximate surface area is 183 Å². The Morgan fingerprint density at radius 1 is 1.09 bits per heavy atom. The van der Waals surface area contributed by atoms with Crippen molar-refractivity contribution in [2.75, 3.05) is 13.9 Å². The van der Waals surface area contributed by atoms with E-state index in [9.17, 15) is 9.59 Å². The third-order valence-corrected chi connectivity index (χ3v) is 5.44. The van der Waals surface area contributed by atoms with Gasteiger partial charge in [0.1, 0.15) is 17.8 Å². The number of urea groups is 1. The number of amides is 3. The van der Waals surface area contributed by atoms with Gasteiger partial charge in [-0.25, -0.2) is 4.79 Å². The summed E-state index contributed by atoms with van der Waals surface area (Å²) < 4.78 is 21.5. The first-order valence-electron chi connectivity index (χ1n) is 9.95. The van der Waals surface area contributed by atoms with Crippen LogP contribution in [0.1, 0.15) is 18.4 Å². The SMILES string of the molecule is COc1ccc(-c2nnc(CN3C(=O)NC(C)(Cc4ccc5c(c4)OCO5)C3=O)o2)cc1. The Morgan fingerprint density at radius 3 is 2.66 bits per heavy atom. The molecule has 0 saturated carbocycles. The van der Waals surface area contributed by atoms with Gasteiger partial charge in [0.05, 0.1) is 7.11 Å². The summed E-state index contributed by atoms with van der Waals surface area (Å²) in [5.74, 6) is 2.06. The molecule has 32 heavy (non-hydrogen) atoms. The number of hydrogen-bond acceptors (Lipinski definition) is 8. The molecule has 1 aromatic heterocycles. The quantitative estimate of drug-likeness (QED) is 0.586. The first kappa shape index (κ1) is 19.9. The third kappa shape index (κ3) is 3.49. The molecule has 2 aliphatic rings. The fraction of sp³-hybridized carbons (Fsp3) is 0.273. The lowest BCUT2D eigenvalue weighted by atomic mass is 9.92. The number of imide groups is 1. The minimum atomic E-state index is -1.11. The monoisotopic (exact) mass is 436 g/mol. The van der Waals surface area contributed by atoms with E-state index < -0.39 is 11.6 Å². The van der Waals surface area contributed by atoms with Crippen molar-refractivity contribution >= 4 is 11.9 Å². The van der Waals surface area contributed by atoms with Crippen molar-refractivity contribution in [1.29, 1.82) is 0 Å². The average molecular weight is 436 g/mol. The number of fused-ring (bicyclic) bond motifs is 1. The molecule has 5 rings (SSSR count). The molecule has 1 saturated heterocycles. The summed E-state index contributed by atoms with van der Waals surface area (Å²) in [6, 6.07) is 12.1. The summed E-state index contributed by atoms with van der Waals surface area (Å²) in [6.45, 7) is 1.74. The Kier molecular flexibility index (Phi) is 4.69. The molecule has 0 spiro atoms. The highest BCUT2D eigenvalue weighted by molar-refractivity contribution is 6.06. The summed E-state index contributed by atoms with van der Waals surface area (Å²) in [4.78, 5) is 26.8. The second-order valence-corrected chi connectivity index (χ2v) is 7.75. The molecule has 3 heterocycles. The van der Waals surface area contributed by atoms with Crippen molar-refractivity contribution in [3.05, 3.63) is 53.9 Å². The fourth-order valence-electron chi connectivity index (χ4n) is 3.77. The molecule has 10 nitrogen and oxygen atoms in total. The smallest absolute Gasteiger partial charge is 0.325 e. The van der Waals surface area contributed by atoms with Crippen LogP contribution in [0.3, 0.4) is 0 Å². The van der Waals surface area contributed by atoms with E-state index in [1.807, 2.05) is 12.1 Å². The molecule has 0 bridgehead atoms. The third-order valence-electron chi connectivity index (χ3n) is 5.44. The van der Waals surface area contributed by atoms with Crippen LogP contribution in [-0.4, -0.2) is 46.5 Å². The summed E-state index contributed by atoms with van der Waals surface area (Å²) in [7, 11) is 1.58. The lowest BCUT2D eigenvalue weighted by Crippen LogP contribution is -2.45. The average Bonchev–Trinajstić information content (AvgIpc) is 3.50. The summed E-state index contributed by atoms with van der Waals surface area (Å²) in [5, 5.41) is 10.8. The maximum atomic E-state index is 13.1. The van der Waals surface area contributed by atoms with Gasteiger partial charge in [0.25, 0.3) is 5.91 Å². The van der Waals surface area contributed by atoms with Crippen molar-refractivity contribution < 1.29 is 28.2 Å². The van der Waals surface area contributed by atoms with Crippen LogP contribution in [0.5, 0.6) is 17.2 Å². The van der Waals surface area contributed by atoms with Crippen LogP contribution in [0.15, 0.2) is 46.9 Å². The number of aromatic nitrogens is 2. The van der Waals surface area contributed by atoms with E-state index in [0.717, 1.165) is 10.5 Å². The van der Waals surface area contributed by atoms with Gasteiger partial charge in [0.2, 0.25) is 18.6 Å². The lowest BCUT2D eigenvalue weighted by molar-refractivity contribution is -0.131. The fourth-order valence-corrected chi connectivity index (χ4v) is 3.77. The number of ether oxygens (including phenoxy) is 3. The number of benzene rings is 2. The minimum absolute atomic E-state index is 0.120. The normalized spacial score (nSPS) is 19.4. The van der Waals surface area contributed by atoms with Crippen molar-refractivity contribution in [2.45, 2.75) is 25.4 Å². The zero-order valence-electron chi connectivity index (χ0n) is 17.5. The Morgan fingerprint density at radius 2 is 1.88 bits per heavy atom. The summed E-state index contributed by atoms with van der Waals surface area (Å²) in [6.07, 6.45) is 0.297. The highest BCUT2D eigenvalue weighted by atomic mass is 16.7. The molecule has 3 amide bonds. The van der Waals surface area contributed by atoms with Gasteiger partial charge in [-0.1, -0.05) is 6.07 Å². The topological polar surface area (TPSA) is 116 Å². The molecule has 0 radical (unpaired) electrons. The minimum Gasteiger partial charge on any atom is -0.497 e. The maximum Gasteiger partial charge on any atom is 0.325 e. The number of rotatable bonds is 6. The molecule has 10 heteroatoms. The first-order valence-corrected chi connectivity index (χ1v) is 9.95. The van der Waals surface area contributed by atoms with E-state index in [1.165, 1.54) is 0 Å². The van der Waals surface area contributed by atoms with Gasteiger partial charge in [0.15, 0.2) is 11.5 Å². The van der Waals surface area contributed by atoms with Crippen LogP contribution in [0.25, 0.3) is 11.5 Å². The second-order valence-electron chi connectivity index (χ2n) is 7.75. The zero-order chi connectivity index (χ0) is 22.3. The van der Waals surface area contributed by atoms with E-state index in [1.54, 1.807) is 44.4 Å². The van der Waals surface area contributed by atoms with Gasteiger partial charge in [-0.15, -0.1) is 10.2 Å². The standard InChI is InChI=1S/C22H20N4O6/c1-22(10-13-3-8-16-17(9-13)31-12-30-16)20(27)26(21(28)23-22)11-18-24-25-19(32-18)14-4-6-15(29-2)7-5-14/h3-9H,10-12H2,1-2H3,(H,23,28). The van der Waals surface area contributed by atoms with Crippen molar-refractivity contribution in [3.8, 4) is 28.7 Å². The van der Waals surface area contributed by atoms with Crippen LogP contribution in [0.4, 0.5) is 4.79 Å². The number of carbonyl (C=O) groups excluding carboxylic acids is 2. The van der Waals surface area contributed by atoms with Crippen LogP contribution in [0, 0.1) is 0 Å². The molecule has 1 N–H and O–H groups in total. The van der Waals surface area contributed by atoms with Gasteiger partial charge in [-0.3, -0.25) is 9.69 Å². The van der Waals surface area contributed by atoms with E-state index in [0.29, 0.717) is 29.2 Å². The van der Waals surface area contributed by atoms with E-state index in [-0.39, 0.29) is 31.0 Å². The molecule has 1 atom stereocenters. The zero-order valence-corrected chi connectivity index (χ0v) is 17.5. The van der Waals surface area contributed by atoms with Crippen LogP contribution in [0.2, 0.25) is 0 Å². The number of methoxy groups -OCH3 is 1. The van der Waals surface area contributed by atoms with Crippen LogP contribution in [-0.2, 0) is 17.8 Å². The summed E-state index contributed by atoms with van der Waals surface area (Å²) >= 11 is 0. The van der Waals surface area contributed by atoms with Gasteiger partial charge in [-0.2, -0.15) is 0 Å². The maximum absolute atomic E-state index is 13.1. The molecule has 2 aliphatic heterocycles. The number of nitrogens with zero attached hydrogens (tertiary/aromatic N) is 3. The number of hydrogen-bond donors (Lipinski definition) is 1. The van der Waals surface area contributed by atoms with Crippen molar-refractivity contribution in [2.24, 2.45) is 0 Å². The molecule has 0 aliphatic carbocycles. The Balaban J connectivity index is 1.30. The predicted molar refractivity (Wildman–Crippen MR) is 110 cm³/mol. The molecule has 2 aromatic carbocycles. The lowest BCUT2D eigenvalue weighted by Gasteiger charge is -2.21. The highest BCUT2D eigenvalue weighted by Crippen LogP contribution is 2.34. The predicted octanol–water partition coefficient (Wildman–Crippen LogP) is 2.53. The Hall–Kier alpha value is -4.08. The second kappa shape index (κ2) is 7.56. The largest absolute Gasteiger partial charge is 0.497 e. The van der Waals surface area contributed by atoms with Crippen LogP contribution < -0.4 is 19.5 Å². The molecule has 3 aromatic rings. The number of nitrogens with one attached hydrogen (secondary N) is 1. The van der Waals surface area contributed by atoms with Crippen molar-refractivity contribution in [3.63, 3.8) is 0 Å². The Bertz CT molecular complexity index is 1190. The van der Waals surface area contributed by atoms with E-state index in [2.05, 4.69) is 15.5 Å². The molecule has 1 unspecified atom stereocenters. The highest BCUT2D eigenvalue weighted by Gasteiger charge is 2.48. The molecular formula is C22H20N4O6. The van der Waals surface area contributed by atoms with Gasteiger partial charge >= 0.3 is 6.03 Å². The first-order chi connectivity index (χ1) is 15.4. The van der Waals surface area contributed by atoms with Gasteiger partial charge < -0.3 is 23.9 Å². The molecular weight excluding hydrogens is 416 g/mol. The number of carbonyl (C=O) groups is 2. The van der Waals surface area contributed by atoms with Crippen molar-refractivity contribution in [1.82, 2.24) is 20.4 Å². The van der Waals surface area contributed by atoms with E-state index in [4.69, 9.17) is 18.6 Å². The molecule has 1 fully saturated rings. The van der Waals surface area contributed by atoms with Crippen LogP contribution >= 0.6 is 0 Å². The van der Waals surface area contributed by atoms with E-state index >= 15 is 0 Å².